The number of amides is 2. The molecule has 0 aromatic heterocycles. The summed E-state index contributed by atoms with van der Waals surface area (Å²) < 4.78 is 0. The van der Waals surface area contributed by atoms with Crippen molar-refractivity contribution in [1.82, 2.24) is 0 Å². The van der Waals surface area contributed by atoms with Gasteiger partial charge in [0.25, 0.3) is 0 Å². The zero-order valence-corrected chi connectivity index (χ0v) is 11.0. The van der Waals surface area contributed by atoms with E-state index in [1.807, 2.05) is 0 Å². The minimum atomic E-state index is -0.926. The molecule has 1 fully saturated rings. The number of aryl methyl sites for hydroxylation is 1. The molecule has 1 aromatic carbocycles. The van der Waals surface area contributed by atoms with Crippen LogP contribution in [0.25, 0.3) is 0 Å². The summed E-state index contributed by atoms with van der Waals surface area (Å²) in [5, 5.41) is 20.2. The summed E-state index contributed by atoms with van der Waals surface area (Å²) in [7, 11) is 0. The zero-order valence-electron chi connectivity index (χ0n) is 11.0. The molecule has 20 heavy (non-hydrogen) atoms. The van der Waals surface area contributed by atoms with E-state index in [2.05, 4.69) is 0 Å². The Balaban J connectivity index is 2.24. The highest BCUT2D eigenvalue weighted by Crippen LogP contribution is 2.41. The molecular formula is C15H15NO4. The van der Waals surface area contributed by atoms with Gasteiger partial charge in [-0.3, -0.25) is 9.59 Å². The largest absolute Gasteiger partial charge is 0.384 e. The number of carbonyl (C=O) groups excluding carboxylic acids is 2. The number of rotatable bonds is 1. The fraction of sp³-hybridized carbons (Fsp3) is 0.333. The third-order valence-electron chi connectivity index (χ3n) is 3.82. The van der Waals surface area contributed by atoms with Crippen LogP contribution in [0.15, 0.2) is 24.3 Å². The Morgan fingerprint density at radius 1 is 1.05 bits per heavy atom. The van der Waals surface area contributed by atoms with Crippen LogP contribution in [0.2, 0.25) is 0 Å². The first-order chi connectivity index (χ1) is 9.50. The number of nitrogens with zero attached hydrogens (tertiary/aromatic N) is 1. The molecule has 2 aliphatic rings. The van der Waals surface area contributed by atoms with E-state index < -0.39 is 12.2 Å². The number of carbonyl (C=O) groups is 2. The van der Waals surface area contributed by atoms with Crippen LogP contribution in [-0.4, -0.2) is 22.0 Å². The quantitative estimate of drug-likeness (QED) is 0.597. The number of hydrogen-bond donors (Lipinski definition) is 2. The van der Waals surface area contributed by atoms with Crippen molar-refractivity contribution in [3.63, 3.8) is 0 Å². The maximum absolute atomic E-state index is 12.0. The molecule has 0 spiro atoms. The number of hydrogen-bond acceptors (Lipinski definition) is 4. The average Bonchev–Trinajstić information content (AvgIpc) is 2.74. The Hall–Kier alpha value is -1.98. The molecule has 2 atom stereocenters. The minimum Gasteiger partial charge on any atom is -0.384 e. The first kappa shape index (κ1) is 13.0. The lowest BCUT2D eigenvalue weighted by molar-refractivity contribution is -0.121. The van der Waals surface area contributed by atoms with Crippen LogP contribution in [0.5, 0.6) is 0 Å². The summed E-state index contributed by atoms with van der Waals surface area (Å²) in [5.41, 5.74) is 2.14. The molecule has 1 saturated heterocycles. The summed E-state index contributed by atoms with van der Waals surface area (Å²) >= 11 is 0. The highest BCUT2D eigenvalue weighted by Gasteiger charge is 2.36. The van der Waals surface area contributed by atoms with Gasteiger partial charge < -0.3 is 10.2 Å². The van der Waals surface area contributed by atoms with Gasteiger partial charge in [0.05, 0.1) is 17.9 Å². The maximum Gasteiger partial charge on any atom is 0.234 e. The zero-order chi connectivity index (χ0) is 14.4. The maximum atomic E-state index is 12.0. The van der Waals surface area contributed by atoms with Gasteiger partial charge in [-0.25, -0.2) is 4.90 Å². The van der Waals surface area contributed by atoms with E-state index >= 15 is 0 Å². The van der Waals surface area contributed by atoms with Crippen LogP contribution in [0.1, 0.15) is 41.7 Å². The summed E-state index contributed by atoms with van der Waals surface area (Å²) in [5.74, 6) is -0.523. The van der Waals surface area contributed by atoms with Crippen LogP contribution < -0.4 is 4.90 Å². The second-order valence-electron chi connectivity index (χ2n) is 5.13. The number of anilines is 1. The summed E-state index contributed by atoms with van der Waals surface area (Å²) in [6, 6.07) is 3.47. The molecule has 0 bridgehead atoms. The van der Waals surface area contributed by atoms with Crippen LogP contribution in [0.4, 0.5) is 5.69 Å². The molecule has 1 aromatic rings. The van der Waals surface area contributed by atoms with Crippen molar-refractivity contribution >= 4 is 17.5 Å². The van der Waals surface area contributed by atoms with E-state index in [0.717, 1.165) is 10.5 Å². The van der Waals surface area contributed by atoms with Crippen molar-refractivity contribution in [1.29, 1.82) is 0 Å². The molecule has 5 nitrogen and oxygen atoms in total. The Morgan fingerprint density at radius 2 is 1.65 bits per heavy atom. The molecule has 1 heterocycles. The molecule has 104 valence electrons. The van der Waals surface area contributed by atoms with E-state index in [0.29, 0.717) is 16.8 Å². The molecular weight excluding hydrogens is 258 g/mol. The van der Waals surface area contributed by atoms with Gasteiger partial charge in [-0.15, -0.1) is 0 Å². The molecule has 1 aliphatic carbocycles. The Morgan fingerprint density at radius 3 is 2.30 bits per heavy atom. The highest BCUT2D eigenvalue weighted by atomic mass is 16.3. The second kappa shape index (κ2) is 4.54. The van der Waals surface area contributed by atoms with Crippen molar-refractivity contribution in [2.24, 2.45) is 0 Å². The first-order valence-corrected chi connectivity index (χ1v) is 6.54. The van der Waals surface area contributed by atoms with Crippen molar-refractivity contribution < 1.29 is 19.8 Å². The third kappa shape index (κ3) is 1.78. The van der Waals surface area contributed by atoms with Gasteiger partial charge in [-0.1, -0.05) is 24.3 Å². The first-order valence-electron chi connectivity index (χ1n) is 6.54. The summed E-state index contributed by atoms with van der Waals surface area (Å²) in [4.78, 5) is 25.1. The van der Waals surface area contributed by atoms with Crippen molar-refractivity contribution in [2.75, 3.05) is 4.90 Å². The normalized spacial score (nSPS) is 25.2. The van der Waals surface area contributed by atoms with Gasteiger partial charge in [0.15, 0.2) is 0 Å². The van der Waals surface area contributed by atoms with Gasteiger partial charge in [0.2, 0.25) is 11.8 Å². The molecule has 2 amide bonds. The highest BCUT2D eigenvalue weighted by molar-refractivity contribution is 6.20. The molecule has 5 heteroatoms. The molecule has 3 rings (SSSR count). The summed E-state index contributed by atoms with van der Waals surface area (Å²) in [6.07, 6.45) is 1.60. The van der Waals surface area contributed by atoms with Crippen molar-refractivity contribution in [2.45, 2.75) is 32.0 Å². The molecule has 0 saturated carbocycles. The van der Waals surface area contributed by atoms with Crippen LogP contribution >= 0.6 is 0 Å². The summed E-state index contributed by atoms with van der Waals surface area (Å²) in [6.45, 7) is 1.78. The number of fused-ring (bicyclic) bond motifs is 1. The standard InChI is InChI=1S/C15H15NO4/c1-8-2-3-9-10(17)4-5-11(18)14(9)15(8)16-12(19)6-7-13(16)20/h2-5,10-11,17-18H,6-7H2,1H3. The average molecular weight is 273 g/mol. The number of aliphatic hydroxyl groups is 2. The topological polar surface area (TPSA) is 77.8 Å². The van der Waals surface area contributed by atoms with Crippen LogP contribution in [0.3, 0.4) is 0 Å². The van der Waals surface area contributed by atoms with E-state index in [4.69, 9.17) is 0 Å². The van der Waals surface area contributed by atoms with Gasteiger partial charge in [0.1, 0.15) is 0 Å². The predicted molar refractivity (Wildman–Crippen MR) is 72.0 cm³/mol. The van der Waals surface area contributed by atoms with Crippen molar-refractivity contribution in [3.05, 3.63) is 41.0 Å². The molecule has 2 unspecified atom stereocenters. The van der Waals surface area contributed by atoms with E-state index in [-0.39, 0.29) is 24.7 Å². The van der Waals surface area contributed by atoms with E-state index in [1.165, 1.54) is 12.2 Å². The molecule has 2 N–H and O–H groups in total. The monoisotopic (exact) mass is 273 g/mol. The lowest BCUT2D eigenvalue weighted by atomic mass is 9.89. The number of benzene rings is 1. The second-order valence-corrected chi connectivity index (χ2v) is 5.13. The Labute approximate surface area is 116 Å². The van der Waals surface area contributed by atoms with Gasteiger partial charge in [0, 0.05) is 18.4 Å². The third-order valence-corrected chi connectivity index (χ3v) is 3.82. The van der Waals surface area contributed by atoms with Gasteiger partial charge >= 0.3 is 0 Å². The fourth-order valence-electron chi connectivity index (χ4n) is 2.83. The van der Waals surface area contributed by atoms with Crippen LogP contribution in [0, 0.1) is 6.92 Å². The lowest BCUT2D eigenvalue weighted by Crippen LogP contribution is -2.31. The van der Waals surface area contributed by atoms with Crippen LogP contribution in [-0.2, 0) is 9.59 Å². The van der Waals surface area contributed by atoms with Gasteiger partial charge in [-0.2, -0.15) is 0 Å². The molecule has 0 radical (unpaired) electrons. The molecule has 1 aliphatic heterocycles. The van der Waals surface area contributed by atoms with Gasteiger partial charge in [-0.05, 0) is 18.1 Å². The number of imide groups is 1. The minimum absolute atomic E-state index is 0.191. The SMILES string of the molecule is Cc1ccc2c(c1N1C(=O)CCC1=O)C(O)C=CC2O. The predicted octanol–water partition coefficient (Wildman–Crippen LogP) is 1.29. The smallest absolute Gasteiger partial charge is 0.234 e. The lowest BCUT2D eigenvalue weighted by Gasteiger charge is -2.28. The Bertz CT molecular complexity index is 619. The van der Waals surface area contributed by atoms with E-state index in [1.54, 1.807) is 19.1 Å². The Kier molecular flexibility index (Phi) is 2.96. The fourth-order valence-corrected chi connectivity index (χ4v) is 2.83. The number of aliphatic hydroxyl groups excluding tert-OH is 2. The van der Waals surface area contributed by atoms with E-state index in [9.17, 15) is 19.8 Å². The van der Waals surface area contributed by atoms with Crippen molar-refractivity contribution in [3.8, 4) is 0 Å².